The Balaban J connectivity index is 1.62. The molecule has 1 aromatic carbocycles. The van der Waals surface area contributed by atoms with Gasteiger partial charge in [0.15, 0.2) is 5.16 Å². The highest BCUT2D eigenvalue weighted by atomic mass is 32.2. The SMILES string of the molecule is CCn1c(SCC(=O)NCc2ccc(OC)cc2)nc2ccsc2c1=O. The summed E-state index contributed by atoms with van der Waals surface area (Å²) in [6.07, 6.45) is 0. The average molecular weight is 390 g/mol. The first kappa shape index (κ1) is 18.5. The van der Waals surface area contributed by atoms with Crippen LogP contribution in [-0.4, -0.2) is 28.3 Å². The molecule has 2 heterocycles. The van der Waals surface area contributed by atoms with Crippen molar-refractivity contribution in [3.05, 3.63) is 51.6 Å². The molecule has 0 spiro atoms. The van der Waals surface area contributed by atoms with E-state index in [-0.39, 0.29) is 17.2 Å². The number of thiophene rings is 1. The first-order chi connectivity index (χ1) is 12.6. The number of nitrogens with one attached hydrogen (secondary N) is 1. The predicted molar refractivity (Wildman–Crippen MR) is 105 cm³/mol. The molecule has 0 aliphatic rings. The van der Waals surface area contributed by atoms with Gasteiger partial charge in [-0.15, -0.1) is 11.3 Å². The van der Waals surface area contributed by atoms with E-state index in [0.29, 0.717) is 28.5 Å². The fourth-order valence-electron chi connectivity index (χ4n) is 2.44. The molecule has 26 heavy (non-hydrogen) atoms. The Kier molecular flexibility index (Phi) is 5.95. The fourth-order valence-corrected chi connectivity index (χ4v) is 4.11. The number of rotatable bonds is 7. The molecule has 8 heteroatoms. The van der Waals surface area contributed by atoms with E-state index in [9.17, 15) is 9.59 Å². The third-order valence-electron chi connectivity index (χ3n) is 3.83. The minimum absolute atomic E-state index is 0.0476. The topological polar surface area (TPSA) is 73.2 Å². The molecule has 3 aromatic rings. The molecule has 3 rings (SSSR count). The molecule has 2 aromatic heterocycles. The molecule has 0 bridgehead atoms. The van der Waals surface area contributed by atoms with Crippen molar-refractivity contribution in [2.45, 2.75) is 25.2 Å². The third-order valence-corrected chi connectivity index (χ3v) is 5.70. The summed E-state index contributed by atoms with van der Waals surface area (Å²) in [6.45, 7) is 2.87. The molecule has 0 aliphatic carbocycles. The number of fused-ring (bicyclic) bond motifs is 1. The summed E-state index contributed by atoms with van der Waals surface area (Å²) in [6, 6.07) is 9.36. The summed E-state index contributed by atoms with van der Waals surface area (Å²) in [5.41, 5.74) is 1.63. The normalized spacial score (nSPS) is 10.8. The second-order valence-corrected chi connectivity index (χ2v) is 7.35. The van der Waals surface area contributed by atoms with Gasteiger partial charge in [0.2, 0.25) is 5.91 Å². The maximum Gasteiger partial charge on any atom is 0.272 e. The van der Waals surface area contributed by atoms with Crippen molar-refractivity contribution in [2.75, 3.05) is 12.9 Å². The van der Waals surface area contributed by atoms with Crippen molar-refractivity contribution in [3.8, 4) is 5.75 Å². The Morgan fingerprint density at radius 3 is 2.77 bits per heavy atom. The van der Waals surface area contributed by atoms with Crippen LogP contribution in [-0.2, 0) is 17.9 Å². The Morgan fingerprint density at radius 2 is 2.08 bits per heavy atom. The van der Waals surface area contributed by atoms with Crippen molar-refractivity contribution in [3.63, 3.8) is 0 Å². The molecule has 136 valence electrons. The van der Waals surface area contributed by atoms with Crippen LogP contribution < -0.4 is 15.6 Å². The van der Waals surface area contributed by atoms with E-state index in [1.54, 1.807) is 11.7 Å². The van der Waals surface area contributed by atoms with Gasteiger partial charge in [-0.3, -0.25) is 14.2 Å². The van der Waals surface area contributed by atoms with E-state index in [4.69, 9.17) is 4.74 Å². The number of amides is 1. The zero-order valence-electron chi connectivity index (χ0n) is 14.5. The molecule has 0 saturated carbocycles. The average Bonchev–Trinajstić information content (AvgIpc) is 3.14. The van der Waals surface area contributed by atoms with Gasteiger partial charge >= 0.3 is 0 Å². The number of benzene rings is 1. The fraction of sp³-hybridized carbons (Fsp3) is 0.278. The number of ether oxygens (including phenoxy) is 1. The molecule has 6 nitrogen and oxygen atoms in total. The summed E-state index contributed by atoms with van der Waals surface area (Å²) in [4.78, 5) is 29.1. The summed E-state index contributed by atoms with van der Waals surface area (Å²) >= 11 is 2.67. The Bertz CT molecular complexity index is 964. The number of aromatic nitrogens is 2. The molecule has 0 radical (unpaired) electrons. The van der Waals surface area contributed by atoms with E-state index in [1.165, 1.54) is 23.1 Å². The van der Waals surface area contributed by atoms with Gasteiger partial charge < -0.3 is 10.1 Å². The maximum atomic E-state index is 12.5. The molecular formula is C18H19N3O3S2. The van der Waals surface area contributed by atoms with Gasteiger partial charge in [0.05, 0.1) is 18.4 Å². The molecule has 0 unspecified atom stereocenters. The van der Waals surface area contributed by atoms with Gasteiger partial charge in [0.25, 0.3) is 5.56 Å². The van der Waals surface area contributed by atoms with Gasteiger partial charge in [-0.25, -0.2) is 4.98 Å². The van der Waals surface area contributed by atoms with Crippen molar-refractivity contribution < 1.29 is 9.53 Å². The Morgan fingerprint density at radius 1 is 1.31 bits per heavy atom. The van der Waals surface area contributed by atoms with Crippen molar-refractivity contribution in [1.29, 1.82) is 0 Å². The molecule has 1 amide bonds. The standard InChI is InChI=1S/C18H19N3O3S2/c1-3-21-17(23)16-14(8-9-25-16)20-18(21)26-11-15(22)19-10-12-4-6-13(24-2)7-5-12/h4-9H,3,10-11H2,1-2H3,(H,19,22). The van der Waals surface area contributed by atoms with Crippen molar-refractivity contribution in [2.24, 2.45) is 0 Å². The zero-order valence-corrected chi connectivity index (χ0v) is 16.2. The highest BCUT2D eigenvalue weighted by Gasteiger charge is 2.13. The van der Waals surface area contributed by atoms with Gasteiger partial charge in [-0.2, -0.15) is 0 Å². The Labute approximate surface area is 159 Å². The molecule has 0 atom stereocenters. The van der Waals surface area contributed by atoms with Gasteiger partial charge in [-0.05, 0) is 36.1 Å². The number of hydrogen-bond acceptors (Lipinski definition) is 6. The zero-order chi connectivity index (χ0) is 18.5. The van der Waals surface area contributed by atoms with Crippen LogP contribution in [0.4, 0.5) is 0 Å². The Hall–Kier alpha value is -2.32. The smallest absolute Gasteiger partial charge is 0.272 e. The molecule has 0 saturated heterocycles. The molecule has 0 aliphatic heterocycles. The second kappa shape index (κ2) is 8.37. The monoisotopic (exact) mass is 389 g/mol. The van der Waals surface area contributed by atoms with E-state index < -0.39 is 0 Å². The maximum absolute atomic E-state index is 12.5. The van der Waals surface area contributed by atoms with Crippen molar-refractivity contribution in [1.82, 2.24) is 14.9 Å². The van der Waals surface area contributed by atoms with E-state index >= 15 is 0 Å². The molecular weight excluding hydrogens is 370 g/mol. The van der Waals surface area contributed by atoms with Crippen molar-refractivity contribution >= 4 is 39.2 Å². The summed E-state index contributed by atoms with van der Waals surface area (Å²) < 4.78 is 7.38. The lowest BCUT2D eigenvalue weighted by Crippen LogP contribution is -2.26. The number of carbonyl (C=O) groups is 1. The van der Waals surface area contributed by atoms with Crippen LogP contribution in [0.1, 0.15) is 12.5 Å². The van der Waals surface area contributed by atoms with Gasteiger partial charge in [0, 0.05) is 13.1 Å². The largest absolute Gasteiger partial charge is 0.497 e. The molecule has 0 fully saturated rings. The lowest BCUT2D eigenvalue weighted by atomic mass is 10.2. The number of nitrogens with zero attached hydrogens (tertiary/aromatic N) is 2. The van der Waals surface area contributed by atoms with Gasteiger partial charge in [0.1, 0.15) is 10.4 Å². The minimum Gasteiger partial charge on any atom is -0.497 e. The number of methoxy groups -OCH3 is 1. The van der Waals surface area contributed by atoms with Crippen LogP contribution in [0.2, 0.25) is 0 Å². The quantitative estimate of drug-likeness (QED) is 0.497. The number of hydrogen-bond donors (Lipinski definition) is 1. The van der Waals surface area contributed by atoms with Crippen LogP contribution in [0.25, 0.3) is 10.2 Å². The first-order valence-corrected chi connectivity index (χ1v) is 9.99. The predicted octanol–water partition coefficient (Wildman–Crippen LogP) is 2.90. The van der Waals surface area contributed by atoms with Crippen LogP contribution in [0, 0.1) is 0 Å². The van der Waals surface area contributed by atoms with E-state index in [1.807, 2.05) is 42.6 Å². The van der Waals surface area contributed by atoms with Crippen LogP contribution in [0.3, 0.4) is 0 Å². The van der Waals surface area contributed by atoms with Crippen LogP contribution >= 0.6 is 23.1 Å². The second-order valence-electron chi connectivity index (χ2n) is 5.49. The summed E-state index contributed by atoms with van der Waals surface area (Å²) in [7, 11) is 1.62. The minimum atomic E-state index is -0.104. The van der Waals surface area contributed by atoms with E-state index in [2.05, 4.69) is 10.3 Å². The number of thioether (sulfide) groups is 1. The third kappa shape index (κ3) is 4.08. The summed E-state index contributed by atoms with van der Waals surface area (Å²) in [5, 5.41) is 5.31. The lowest BCUT2D eigenvalue weighted by Gasteiger charge is -2.10. The van der Waals surface area contributed by atoms with Crippen LogP contribution in [0.15, 0.2) is 45.7 Å². The summed E-state index contributed by atoms with van der Waals surface area (Å²) in [5.74, 6) is 0.884. The lowest BCUT2D eigenvalue weighted by molar-refractivity contribution is -0.118. The highest BCUT2D eigenvalue weighted by molar-refractivity contribution is 7.99. The molecule has 1 N–H and O–H groups in total. The number of carbonyl (C=O) groups excluding carboxylic acids is 1. The highest BCUT2D eigenvalue weighted by Crippen LogP contribution is 2.20. The van der Waals surface area contributed by atoms with E-state index in [0.717, 1.165) is 11.3 Å². The van der Waals surface area contributed by atoms with Crippen LogP contribution in [0.5, 0.6) is 5.75 Å². The first-order valence-electron chi connectivity index (χ1n) is 8.13. The van der Waals surface area contributed by atoms with Gasteiger partial charge in [-0.1, -0.05) is 23.9 Å².